The van der Waals surface area contributed by atoms with Crippen LogP contribution in [0.2, 0.25) is 0 Å². The van der Waals surface area contributed by atoms with Crippen molar-refractivity contribution in [3.63, 3.8) is 0 Å². The van der Waals surface area contributed by atoms with Crippen molar-refractivity contribution in [2.45, 2.75) is 303 Å². The maximum absolute atomic E-state index is 12.9. The molecule has 0 rings (SSSR count). The molecule has 0 aliphatic carbocycles. The highest BCUT2D eigenvalue weighted by Gasteiger charge is 2.19. The zero-order chi connectivity index (χ0) is 49.3. The molecular weight excluding hydrogens is 841 g/mol. The van der Waals surface area contributed by atoms with Crippen molar-refractivity contribution in [3.8, 4) is 0 Å². The molecular formula is C62H110O6. The summed E-state index contributed by atoms with van der Waals surface area (Å²) in [6.45, 7) is 6.53. The summed E-state index contributed by atoms with van der Waals surface area (Å²) in [5.41, 5.74) is 0. The van der Waals surface area contributed by atoms with Crippen LogP contribution in [0, 0.1) is 0 Å². The SMILES string of the molecule is CC/C=C\C/C=C\C/C=C\CCCCCCCCCCCC(=O)OCC(COC(=O)CCCCCCCCCCCCCCCC)OC(=O)CCCCCCCCC/C=C\C/C=C\CCCCC. The molecule has 0 aromatic carbocycles. The van der Waals surface area contributed by atoms with Gasteiger partial charge < -0.3 is 14.2 Å². The van der Waals surface area contributed by atoms with Crippen LogP contribution in [0.25, 0.3) is 0 Å². The van der Waals surface area contributed by atoms with Crippen molar-refractivity contribution in [2.75, 3.05) is 13.2 Å². The normalized spacial score (nSPS) is 12.5. The first-order valence-electron chi connectivity index (χ1n) is 29.3. The van der Waals surface area contributed by atoms with Crippen molar-refractivity contribution in [1.29, 1.82) is 0 Å². The van der Waals surface area contributed by atoms with Gasteiger partial charge in [-0.15, -0.1) is 0 Å². The van der Waals surface area contributed by atoms with Gasteiger partial charge >= 0.3 is 17.9 Å². The molecule has 0 radical (unpaired) electrons. The monoisotopic (exact) mass is 951 g/mol. The molecule has 1 atom stereocenters. The summed E-state index contributed by atoms with van der Waals surface area (Å²) in [5.74, 6) is -0.876. The Morgan fingerprint density at radius 3 is 0.926 bits per heavy atom. The summed E-state index contributed by atoms with van der Waals surface area (Å²) in [6, 6.07) is 0. The Labute approximate surface area is 421 Å². The maximum Gasteiger partial charge on any atom is 0.306 e. The van der Waals surface area contributed by atoms with E-state index in [-0.39, 0.29) is 31.1 Å². The van der Waals surface area contributed by atoms with Crippen molar-refractivity contribution < 1.29 is 28.6 Å². The van der Waals surface area contributed by atoms with Gasteiger partial charge in [-0.1, -0.05) is 255 Å². The van der Waals surface area contributed by atoms with Crippen LogP contribution in [0.5, 0.6) is 0 Å². The molecule has 1 unspecified atom stereocenters. The minimum absolute atomic E-state index is 0.0763. The zero-order valence-corrected chi connectivity index (χ0v) is 45.1. The molecule has 0 aliphatic heterocycles. The molecule has 0 aliphatic rings. The third-order valence-corrected chi connectivity index (χ3v) is 12.8. The van der Waals surface area contributed by atoms with E-state index >= 15 is 0 Å². The van der Waals surface area contributed by atoms with E-state index in [0.29, 0.717) is 19.3 Å². The summed E-state index contributed by atoms with van der Waals surface area (Å²) in [7, 11) is 0. The number of allylic oxidation sites excluding steroid dienone is 10. The Balaban J connectivity index is 4.37. The smallest absolute Gasteiger partial charge is 0.306 e. The lowest BCUT2D eigenvalue weighted by molar-refractivity contribution is -0.167. The van der Waals surface area contributed by atoms with Crippen LogP contribution in [0.3, 0.4) is 0 Å². The summed E-state index contributed by atoms with van der Waals surface area (Å²) in [5, 5.41) is 0. The minimum Gasteiger partial charge on any atom is -0.462 e. The molecule has 0 saturated carbocycles. The third-order valence-electron chi connectivity index (χ3n) is 12.8. The third kappa shape index (κ3) is 54.1. The number of hydrogen-bond donors (Lipinski definition) is 0. The fraction of sp³-hybridized carbons (Fsp3) is 0.790. The molecule has 0 aromatic heterocycles. The Morgan fingerprint density at radius 2 is 0.574 bits per heavy atom. The number of unbranched alkanes of at least 4 members (excludes halogenated alkanes) is 32. The lowest BCUT2D eigenvalue weighted by atomic mass is 10.0. The van der Waals surface area contributed by atoms with Gasteiger partial charge in [-0.05, 0) is 83.5 Å². The predicted octanol–water partition coefficient (Wildman–Crippen LogP) is 19.6. The number of ether oxygens (including phenoxy) is 3. The van der Waals surface area contributed by atoms with Crippen LogP contribution in [0.1, 0.15) is 297 Å². The first kappa shape index (κ1) is 65.1. The van der Waals surface area contributed by atoms with Crippen molar-refractivity contribution in [3.05, 3.63) is 60.8 Å². The molecule has 0 spiro atoms. The molecule has 0 heterocycles. The van der Waals surface area contributed by atoms with Crippen LogP contribution in [-0.2, 0) is 28.6 Å². The maximum atomic E-state index is 12.9. The van der Waals surface area contributed by atoms with E-state index in [2.05, 4.69) is 81.5 Å². The van der Waals surface area contributed by atoms with Gasteiger partial charge in [-0.2, -0.15) is 0 Å². The second kappa shape index (κ2) is 56.7. The average Bonchev–Trinajstić information content (AvgIpc) is 3.34. The first-order chi connectivity index (χ1) is 33.5. The number of hydrogen-bond acceptors (Lipinski definition) is 6. The fourth-order valence-corrected chi connectivity index (χ4v) is 8.37. The first-order valence-corrected chi connectivity index (χ1v) is 29.3. The number of carbonyl (C=O) groups is 3. The molecule has 0 N–H and O–H groups in total. The van der Waals surface area contributed by atoms with E-state index in [0.717, 1.165) is 89.9 Å². The molecule has 394 valence electrons. The van der Waals surface area contributed by atoms with Gasteiger partial charge in [0.05, 0.1) is 0 Å². The number of esters is 3. The quantitative estimate of drug-likeness (QED) is 0.0262. The van der Waals surface area contributed by atoms with Gasteiger partial charge in [0.1, 0.15) is 13.2 Å². The Bertz CT molecular complexity index is 1230. The van der Waals surface area contributed by atoms with E-state index in [1.807, 2.05) is 0 Å². The largest absolute Gasteiger partial charge is 0.462 e. The summed E-state index contributed by atoms with van der Waals surface area (Å²) < 4.78 is 16.9. The van der Waals surface area contributed by atoms with E-state index in [1.165, 1.54) is 167 Å². The molecule has 6 nitrogen and oxygen atoms in total. The summed E-state index contributed by atoms with van der Waals surface area (Å²) in [6.07, 6.45) is 70.6. The summed E-state index contributed by atoms with van der Waals surface area (Å²) in [4.78, 5) is 38.2. The van der Waals surface area contributed by atoms with Gasteiger partial charge in [0.25, 0.3) is 0 Å². The van der Waals surface area contributed by atoms with Crippen molar-refractivity contribution in [1.82, 2.24) is 0 Å². The topological polar surface area (TPSA) is 78.9 Å². The fourth-order valence-electron chi connectivity index (χ4n) is 8.37. The zero-order valence-electron chi connectivity index (χ0n) is 45.1. The second-order valence-electron chi connectivity index (χ2n) is 19.5. The molecule has 0 saturated heterocycles. The molecule has 0 bridgehead atoms. The molecule has 68 heavy (non-hydrogen) atoms. The average molecular weight is 952 g/mol. The number of carbonyl (C=O) groups excluding carboxylic acids is 3. The lowest BCUT2D eigenvalue weighted by Crippen LogP contribution is -2.30. The highest BCUT2D eigenvalue weighted by molar-refractivity contribution is 5.71. The predicted molar refractivity (Wildman–Crippen MR) is 293 cm³/mol. The Hall–Kier alpha value is -2.89. The van der Waals surface area contributed by atoms with Crippen LogP contribution in [0.15, 0.2) is 60.8 Å². The van der Waals surface area contributed by atoms with Gasteiger partial charge in [-0.25, -0.2) is 0 Å². The van der Waals surface area contributed by atoms with Crippen LogP contribution < -0.4 is 0 Å². The van der Waals surface area contributed by atoms with Gasteiger partial charge in [0.2, 0.25) is 0 Å². The van der Waals surface area contributed by atoms with E-state index in [1.54, 1.807) is 0 Å². The Kier molecular flexibility index (Phi) is 54.3. The van der Waals surface area contributed by atoms with Crippen LogP contribution in [0.4, 0.5) is 0 Å². The molecule has 0 fully saturated rings. The van der Waals surface area contributed by atoms with E-state index < -0.39 is 6.10 Å². The number of rotatable bonds is 53. The summed E-state index contributed by atoms with van der Waals surface area (Å²) >= 11 is 0. The standard InChI is InChI=1S/C62H110O6/c1-4-7-10-13-16-19-22-25-28-30-31-33-34-37-40-43-46-49-52-55-61(64)67-58-59(57-66-60(63)54-51-48-45-42-39-36-27-24-21-18-15-12-9-6-3)68-62(65)56-53-50-47-44-41-38-35-32-29-26-23-20-17-14-11-8-5-2/h7,10,16-17,19-20,25-26,28-29,59H,4-6,8-9,11-15,18,21-24,27,30-58H2,1-3H3/b10-7-,19-16-,20-17-,28-25-,29-26-. The van der Waals surface area contributed by atoms with E-state index in [9.17, 15) is 14.4 Å². The molecule has 0 amide bonds. The molecule has 6 heteroatoms. The lowest BCUT2D eigenvalue weighted by Gasteiger charge is -2.18. The highest BCUT2D eigenvalue weighted by Crippen LogP contribution is 2.16. The van der Waals surface area contributed by atoms with Crippen LogP contribution in [-0.4, -0.2) is 37.2 Å². The van der Waals surface area contributed by atoms with E-state index in [4.69, 9.17) is 14.2 Å². The van der Waals surface area contributed by atoms with Gasteiger partial charge in [-0.3, -0.25) is 14.4 Å². The molecule has 0 aromatic rings. The second-order valence-corrected chi connectivity index (χ2v) is 19.5. The van der Waals surface area contributed by atoms with Crippen LogP contribution >= 0.6 is 0 Å². The Morgan fingerprint density at radius 1 is 0.309 bits per heavy atom. The highest BCUT2D eigenvalue weighted by atomic mass is 16.6. The minimum atomic E-state index is -0.779. The van der Waals surface area contributed by atoms with Crippen molar-refractivity contribution in [2.24, 2.45) is 0 Å². The van der Waals surface area contributed by atoms with Gasteiger partial charge in [0, 0.05) is 19.3 Å². The van der Waals surface area contributed by atoms with Crippen molar-refractivity contribution >= 4 is 17.9 Å². The van der Waals surface area contributed by atoms with Gasteiger partial charge in [0.15, 0.2) is 6.10 Å².